The van der Waals surface area contributed by atoms with Crippen LogP contribution in [-0.4, -0.2) is 17.5 Å². The summed E-state index contributed by atoms with van der Waals surface area (Å²) in [5.74, 6) is 0.910. The molecular weight excluding hydrogens is 304 g/mol. The van der Waals surface area contributed by atoms with Gasteiger partial charge in [-0.3, -0.25) is 9.98 Å². The van der Waals surface area contributed by atoms with Crippen LogP contribution in [-0.2, 0) is 0 Å². The number of rotatable bonds is 3. The smallest absolute Gasteiger partial charge is 0.193 e. The molecule has 3 N–H and O–H groups in total. The molecule has 0 fully saturated rings. The van der Waals surface area contributed by atoms with Crippen LogP contribution in [0.3, 0.4) is 0 Å². The SMILES string of the molecule is CC(C)CN=C(N)Nc1cccc2cc(Br)cnc12. The number of nitrogens with two attached hydrogens (primary N) is 1. The van der Waals surface area contributed by atoms with E-state index in [2.05, 4.69) is 45.1 Å². The number of benzene rings is 1. The number of guanidine groups is 1. The summed E-state index contributed by atoms with van der Waals surface area (Å²) in [6.07, 6.45) is 1.77. The summed E-state index contributed by atoms with van der Waals surface area (Å²) in [6, 6.07) is 7.95. The van der Waals surface area contributed by atoms with Crippen LogP contribution in [0.25, 0.3) is 10.9 Å². The molecule has 0 radical (unpaired) electrons. The van der Waals surface area contributed by atoms with Crippen LogP contribution >= 0.6 is 15.9 Å². The number of para-hydroxylation sites is 1. The fraction of sp³-hybridized carbons (Fsp3) is 0.286. The second-order valence-electron chi connectivity index (χ2n) is 4.78. The first kappa shape index (κ1) is 13.8. The first-order valence-electron chi connectivity index (χ1n) is 6.17. The van der Waals surface area contributed by atoms with Gasteiger partial charge in [-0.25, -0.2) is 0 Å². The molecule has 19 heavy (non-hydrogen) atoms. The monoisotopic (exact) mass is 320 g/mol. The largest absolute Gasteiger partial charge is 0.370 e. The van der Waals surface area contributed by atoms with Crippen molar-refractivity contribution in [3.63, 3.8) is 0 Å². The Balaban J connectivity index is 2.28. The molecule has 4 nitrogen and oxygen atoms in total. The minimum atomic E-state index is 0.422. The topological polar surface area (TPSA) is 63.3 Å². The number of pyridine rings is 1. The van der Waals surface area contributed by atoms with Crippen molar-refractivity contribution < 1.29 is 0 Å². The zero-order valence-corrected chi connectivity index (χ0v) is 12.6. The molecule has 0 spiro atoms. The number of halogens is 1. The van der Waals surface area contributed by atoms with Crippen molar-refractivity contribution in [1.82, 2.24) is 4.98 Å². The summed E-state index contributed by atoms with van der Waals surface area (Å²) < 4.78 is 0.957. The Labute approximate surface area is 121 Å². The van der Waals surface area contributed by atoms with E-state index in [0.717, 1.165) is 21.1 Å². The number of aliphatic imine (C=N–C) groups is 1. The summed E-state index contributed by atoms with van der Waals surface area (Å²) in [6.45, 7) is 4.92. The molecule has 100 valence electrons. The van der Waals surface area contributed by atoms with Gasteiger partial charge >= 0.3 is 0 Å². The van der Waals surface area contributed by atoms with E-state index in [1.807, 2.05) is 24.3 Å². The summed E-state index contributed by atoms with van der Waals surface area (Å²) in [5, 5.41) is 4.16. The van der Waals surface area contributed by atoms with Gasteiger partial charge in [0, 0.05) is 22.6 Å². The molecule has 5 heteroatoms. The number of nitrogens with zero attached hydrogens (tertiary/aromatic N) is 2. The van der Waals surface area contributed by atoms with E-state index in [9.17, 15) is 0 Å². The van der Waals surface area contributed by atoms with Crippen LogP contribution in [0.4, 0.5) is 5.69 Å². The van der Waals surface area contributed by atoms with E-state index in [0.29, 0.717) is 18.4 Å². The first-order valence-corrected chi connectivity index (χ1v) is 6.97. The minimum Gasteiger partial charge on any atom is -0.370 e. The van der Waals surface area contributed by atoms with Crippen molar-refractivity contribution in [2.45, 2.75) is 13.8 Å². The Hall–Kier alpha value is -1.62. The fourth-order valence-electron chi connectivity index (χ4n) is 1.69. The van der Waals surface area contributed by atoms with Gasteiger partial charge in [-0.1, -0.05) is 26.0 Å². The lowest BCUT2D eigenvalue weighted by Gasteiger charge is -2.09. The van der Waals surface area contributed by atoms with Gasteiger partial charge in [0.05, 0.1) is 11.2 Å². The van der Waals surface area contributed by atoms with Crippen LogP contribution in [0.1, 0.15) is 13.8 Å². The molecule has 1 heterocycles. The van der Waals surface area contributed by atoms with Crippen molar-refractivity contribution in [2.75, 3.05) is 11.9 Å². The van der Waals surface area contributed by atoms with Crippen molar-refractivity contribution in [3.8, 4) is 0 Å². The minimum absolute atomic E-state index is 0.422. The third kappa shape index (κ3) is 3.67. The van der Waals surface area contributed by atoms with Gasteiger partial charge in [0.25, 0.3) is 0 Å². The van der Waals surface area contributed by atoms with E-state index < -0.39 is 0 Å². The standard InChI is InChI=1S/C14H17BrN4/c1-9(2)7-18-14(16)19-12-5-3-4-10-6-11(15)8-17-13(10)12/h3-6,8-9H,7H2,1-2H3,(H3,16,18,19). The molecule has 0 aliphatic heterocycles. The quantitative estimate of drug-likeness (QED) is 0.673. The van der Waals surface area contributed by atoms with E-state index in [-0.39, 0.29) is 0 Å². The third-order valence-electron chi connectivity index (χ3n) is 2.57. The molecular formula is C14H17BrN4. The summed E-state index contributed by atoms with van der Waals surface area (Å²) in [5.41, 5.74) is 7.63. The van der Waals surface area contributed by atoms with Gasteiger partial charge in [0.2, 0.25) is 0 Å². The number of hydrogen-bond acceptors (Lipinski definition) is 2. The molecule has 2 rings (SSSR count). The van der Waals surface area contributed by atoms with Crippen LogP contribution in [0.2, 0.25) is 0 Å². The second-order valence-corrected chi connectivity index (χ2v) is 5.69. The van der Waals surface area contributed by atoms with Crippen molar-refractivity contribution in [1.29, 1.82) is 0 Å². The highest BCUT2D eigenvalue weighted by atomic mass is 79.9. The number of aromatic nitrogens is 1. The van der Waals surface area contributed by atoms with Gasteiger partial charge in [-0.15, -0.1) is 0 Å². The van der Waals surface area contributed by atoms with Crippen molar-refractivity contribution in [3.05, 3.63) is 34.9 Å². The van der Waals surface area contributed by atoms with Crippen molar-refractivity contribution in [2.24, 2.45) is 16.6 Å². The molecule has 0 saturated carbocycles. The Morgan fingerprint density at radius 3 is 3.00 bits per heavy atom. The first-order chi connectivity index (χ1) is 9.06. The lowest BCUT2D eigenvalue weighted by atomic mass is 10.2. The van der Waals surface area contributed by atoms with E-state index in [1.54, 1.807) is 6.20 Å². The highest BCUT2D eigenvalue weighted by Crippen LogP contribution is 2.23. The Bertz CT molecular complexity index is 607. The average Bonchev–Trinajstić information content (AvgIpc) is 2.36. The summed E-state index contributed by atoms with van der Waals surface area (Å²) >= 11 is 3.42. The average molecular weight is 321 g/mol. The molecule has 0 amide bonds. The van der Waals surface area contributed by atoms with Crippen LogP contribution in [0, 0.1) is 5.92 Å². The van der Waals surface area contributed by atoms with E-state index in [4.69, 9.17) is 5.73 Å². The molecule has 1 aromatic heterocycles. The third-order valence-corrected chi connectivity index (χ3v) is 3.00. The lowest BCUT2D eigenvalue weighted by molar-refractivity contribution is 0.665. The predicted molar refractivity (Wildman–Crippen MR) is 84.4 cm³/mol. The van der Waals surface area contributed by atoms with Gasteiger partial charge in [0.15, 0.2) is 5.96 Å². The fourth-order valence-corrected chi connectivity index (χ4v) is 2.04. The summed E-state index contributed by atoms with van der Waals surface area (Å²) in [4.78, 5) is 8.70. The number of hydrogen-bond donors (Lipinski definition) is 2. The maximum atomic E-state index is 5.88. The maximum absolute atomic E-state index is 5.88. The van der Waals surface area contributed by atoms with Crippen LogP contribution in [0.5, 0.6) is 0 Å². The summed E-state index contributed by atoms with van der Waals surface area (Å²) in [7, 11) is 0. The normalized spacial score (nSPS) is 12.1. The van der Waals surface area contributed by atoms with E-state index >= 15 is 0 Å². The van der Waals surface area contributed by atoms with Gasteiger partial charge in [-0.05, 0) is 34.0 Å². The number of nitrogens with one attached hydrogen (secondary N) is 1. The van der Waals surface area contributed by atoms with Crippen LogP contribution < -0.4 is 11.1 Å². The van der Waals surface area contributed by atoms with Gasteiger partial charge in [0.1, 0.15) is 0 Å². The van der Waals surface area contributed by atoms with Gasteiger partial charge < -0.3 is 11.1 Å². The van der Waals surface area contributed by atoms with Crippen LogP contribution in [0.15, 0.2) is 39.9 Å². The Kier molecular flexibility index (Phi) is 4.37. The molecule has 0 aliphatic rings. The van der Waals surface area contributed by atoms with Crippen molar-refractivity contribution >= 4 is 38.5 Å². The predicted octanol–water partition coefficient (Wildman–Crippen LogP) is 3.38. The van der Waals surface area contributed by atoms with Gasteiger partial charge in [-0.2, -0.15) is 0 Å². The zero-order valence-electron chi connectivity index (χ0n) is 11.0. The highest BCUT2D eigenvalue weighted by Gasteiger charge is 2.04. The number of fused-ring (bicyclic) bond motifs is 1. The molecule has 0 unspecified atom stereocenters. The molecule has 2 aromatic rings. The molecule has 0 aliphatic carbocycles. The zero-order chi connectivity index (χ0) is 13.8. The van der Waals surface area contributed by atoms with E-state index in [1.165, 1.54) is 0 Å². The molecule has 0 saturated heterocycles. The Morgan fingerprint density at radius 1 is 1.47 bits per heavy atom. The molecule has 0 bridgehead atoms. The second kappa shape index (κ2) is 6.02. The molecule has 0 atom stereocenters. The molecule has 1 aromatic carbocycles. The maximum Gasteiger partial charge on any atom is 0.193 e. The highest BCUT2D eigenvalue weighted by molar-refractivity contribution is 9.10. The Morgan fingerprint density at radius 2 is 2.26 bits per heavy atom. The number of anilines is 1. The lowest BCUT2D eigenvalue weighted by Crippen LogP contribution is -2.23.